The first-order valence-corrected chi connectivity index (χ1v) is 12.9. The SMILES string of the molecule is C=C1C(=CC=C2CCC[C@]3(C)[C@@H]([C@H](C)CC[C@H](O)CC4CC4)CC[C@@H]23)C[C@@H](O)C[C@@H]1O. The van der Waals surface area contributed by atoms with E-state index in [9.17, 15) is 15.3 Å². The summed E-state index contributed by atoms with van der Waals surface area (Å²) in [6.45, 7) is 9.02. The Labute approximate surface area is 189 Å². The molecule has 3 N–H and O–H groups in total. The minimum Gasteiger partial charge on any atom is -0.393 e. The summed E-state index contributed by atoms with van der Waals surface area (Å²) in [5.41, 5.74) is 3.72. The van der Waals surface area contributed by atoms with Gasteiger partial charge in [-0.25, -0.2) is 0 Å². The van der Waals surface area contributed by atoms with Crippen molar-refractivity contribution in [1.82, 2.24) is 0 Å². The van der Waals surface area contributed by atoms with Gasteiger partial charge in [0.1, 0.15) is 0 Å². The third-order valence-electron chi connectivity index (χ3n) is 9.25. The molecule has 3 nitrogen and oxygen atoms in total. The van der Waals surface area contributed by atoms with E-state index in [0.717, 1.165) is 42.2 Å². The van der Waals surface area contributed by atoms with Gasteiger partial charge in [-0.1, -0.05) is 51.0 Å². The second-order valence-electron chi connectivity index (χ2n) is 11.6. The Bertz CT molecular complexity index is 718. The van der Waals surface area contributed by atoms with Crippen LogP contribution in [0.2, 0.25) is 0 Å². The lowest BCUT2D eigenvalue weighted by atomic mass is 9.60. The number of aliphatic hydroxyl groups is 3. The standard InChI is InChI=1S/C28H44O3/c1-18(6-11-23(29)15-20-7-8-20)25-12-13-26-21(5-4-14-28(25,26)3)9-10-22-16-24(30)17-27(31)19(22)2/h9-10,18,20,23-27,29-31H,2,4-8,11-17H2,1,3H3/t18-,23+,24-,25-,26+,27+,28-/m1/s1. The first-order valence-electron chi connectivity index (χ1n) is 12.9. The topological polar surface area (TPSA) is 60.7 Å². The second-order valence-corrected chi connectivity index (χ2v) is 11.6. The van der Waals surface area contributed by atoms with Crippen LogP contribution in [0.15, 0.2) is 35.5 Å². The molecule has 0 heterocycles. The maximum absolute atomic E-state index is 10.4. The van der Waals surface area contributed by atoms with Gasteiger partial charge in [0.25, 0.3) is 0 Å². The van der Waals surface area contributed by atoms with Gasteiger partial charge in [0, 0.05) is 6.42 Å². The van der Waals surface area contributed by atoms with E-state index in [1.807, 2.05) is 0 Å². The summed E-state index contributed by atoms with van der Waals surface area (Å²) in [6, 6.07) is 0. The van der Waals surface area contributed by atoms with Crippen molar-refractivity contribution in [2.45, 2.75) is 109 Å². The zero-order valence-corrected chi connectivity index (χ0v) is 19.7. The maximum Gasteiger partial charge on any atom is 0.0811 e. The zero-order chi connectivity index (χ0) is 22.2. The Hall–Kier alpha value is -0.900. The van der Waals surface area contributed by atoms with E-state index < -0.39 is 12.2 Å². The molecule has 4 fully saturated rings. The molecule has 4 aliphatic rings. The number of rotatable bonds is 7. The van der Waals surface area contributed by atoms with Gasteiger partial charge in [-0.15, -0.1) is 0 Å². The molecule has 4 aliphatic carbocycles. The number of fused-ring (bicyclic) bond motifs is 1. The molecule has 4 rings (SSSR count). The highest BCUT2D eigenvalue weighted by atomic mass is 16.3. The summed E-state index contributed by atoms with van der Waals surface area (Å²) >= 11 is 0. The van der Waals surface area contributed by atoms with Gasteiger partial charge in [0.05, 0.1) is 18.3 Å². The monoisotopic (exact) mass is 428 g/mol. The Morgan fingerprint density at radius 3 is 2.65 bits per heavy atom. The van der Waals surface area contributed by atoms with Gasteiger partial charge in [-0.2, -0.15) is 0 Å². The molecule has 0 aromatic carbocycles. The Kier molecular flexibility index (Phi) is 7.15. The summed E-state index contributed by atoms with van der Waals surface area (Å²) < 4.78 is 0. The van der Waals surface area contributed by atoms with Crippen LogP contribution in [0, 0.1) is 29.1 Å². The van der Waals surface area contributed by atoms with Crippen molar-refractivity contribution in [1.29, 1.82) is 0 Å². The van der Waals surface area contributed by atoms with E-state index in [1.165, 1.54) is 44.9 Å². The Morgan fingerprint density at radius 2 is 1.90 bits per heavy atom. The Balaban J connectivity index is 1.41. The van der Waals surface area contributed by atoms with Gasteiger partial charge < -0.3 is 15.3 Å². The van der Waals surface area contributed by atoms with Crippen molar-refractivity contribution >= 4 is 0 Å². The average Bonchev–Trinajstić information content (AvgIpc) is 3.46. The highest BCUT2D eigenvalue weighted by Crippen LogP contribution is 2.60. The molecule has 0 radical (unpaired) electrons. The predicted molar refractivity (Wildman–Crippen MR) is 126 cm³/mol. The second kappa shape index (κ2) is 9.53. The van der Waals surface area contributed by atoms with Crippen molar-refractivity contribution in [3.8, 4) is 0 Å². The molecule has 0 aliphatic heterocycles. The number of allylic oxidation sites excluding steroid dienone is 3. The van der Waals surface area contributed by atoms with Crippen LogP contribution in [0.25, 0.3) is 0 Å². The molecule has 0 spiro atoms. The third kappa shape index (κ3) is 5.20. The maximum atomic E-state index is 10.4. The first kappa shape index (κ1) is 23.3. The predicted octanol–water partition coefficient (Wildman–Crippen LogP) is 5.70. The smallest absolute Gasteiger partial charge is 0.0811 e. The van der Waals surface area contributed by atoms with Gasteiger partial charge in [-0.05, 0) is 98.0 Å². The van der Waals surface area contributed by atoms with Crippen LogP contribution in [-0.4, -0.2) is 33.6 Å². The van der Waals surface area contributed by atoms with E-state index in [-0.39, 0.29) is 6.10 Å². The summed E-state index contributed by atoms with van der Waals surface area (Å²) in [4.78, 5) is 0. The molecule has 7 atom stereocenters. The molecule has 0 unspecified atom stereocenters. The molecule has 174 valence electrons. The minimum absolute atomic E-state index is 0.0947. The summed E-state index contributed by atoms with van der Waals surface area (Å²) in [6.07, 6.45) is 16.4. The average molecular weight is 429 g/mol. The van der Waals surface area contributed by atoms with Crippen molar-refractivity contribution in [2.24, 2.45) is 29.1 Å². The van der Waals surface area contributed by atoms with Crippen LogP contribution < -0.4 is 0 Å². The van der Waals surface area contributed by atoms with Crippen molar-refractivity contribution < 1.29 is 15.3 Å². The largest absolute Gasteiger partial charge is 0.393 e. The number of hydrogen-bond donors (Lipinski definition) is 3. The van der Waals surface area contributed by atoms with Crippen molar-refractivity contribution in [2.75, 3.05) is 0 Å². The third-order valence-corrected chi connectivity index (χ3v) is 9.25. The molecule has 0 saturated heterocycles. The Morgan fingerprint density at radius 1 is 1.13 bits per heavy atom. The molecule has 0 bridgehead atoms. The highest BCUT2D eigenvalue weighted by molar-refractivity contribution is 5.38. The number of hydrogen-bond acceptors (Lipinski definition) is 3. The van der Waals surface area contributed by atoms with E-state index in [0.29, 0.717) is 30.1 Å². The van der Waals surface area contributed by atoms with E-state index in [4.69, 9.17) is 0 Å². The lowest BCUT2D eigenvalue weighted by Gasteiger charge is -2.44. The van der Waals surface area contributed by atoms with Gasteiger partial charge in [0.2, 0.25) is 0 Å². The van der Waals surface area contributed by atoms with Crippen molar-refractivity contribution in [3.05, 3.63) is 35.5 Å². The molecule has 0 aromatic rings. The summed E-state index contributed by atoms with van der Waals surface area (Å²) in [5.74, 6) is 2.87. The van der Waals surface area contributed by atoms with Crippen LogP contribution in [0.4, 0.5) is 0 Å². The molecule has 0 aromatic heterocycles. The normalized spacial score (nSPS) is 40.9. The fourth-order valence-corrected chi connectivity index (χ4v) is 7.19. The van der Waals surface area contributed by atoms with Crippen LogP contribution in [0.1, 0.15) is 90.9 Å². The van der Waals surface area contributed by atoms with E-state index >= 15 is 0 Å². The fourth-order valence-electron chi connectivity index (χ4n) is 7.19. The molecule has 4 saturated carbocycles. The van der Waals surface area contributed by atoms with Crippen LogP contribution in [-0.2, 0) is 0 Å². The van der Waals surface area contributed by atoms with Crippen molar-refractivity contribution in [3.63, 3.8) is 0 Å². The summed E-state index contributed by atoms with van der Waals surface area (Å²) in [7, 11) is 0. The molecular weight excluding hydrogens is 384 g/mol. The van der Waals surface area contributed by atoms with Crippen LogP contribution in [0.3, 0.4) is 0 Å². The molecule has 0 amide bonds. The first-order chi connectivity index (χ1) is 14.8. The van der Waals surface area contributed by atoms with Crippen LogP contribution in [0.5, 0.6) is 0 Å². The van der Waals surface area contributed by atoms with Crippen LogP contribution >= 0.6 is 0 Å². The van der Waals surface area contributed by atoms with Gasteiger partial charge >= 0.3 is 0 Å². The zero-order valence-electron chi connectivity index (χ0n) is 19.7. The van der Waals surface area contributed by atoms with E-state index in [2.05, 4.69) is 32.6 Å². The lowest BCUT2D eigenvalue weighted by Crippen LogP contribution is -2.36. The molecular formula is C28H44O3. The summed E-state index contributed by atoms with van der Waals surface area (Å²) in [5, 5.41) is 30.6. The van der Waals surface area contributed by atoms with E-state index in [1.54, 1.807) is 5.57 Å². The quantitative estimate of drug-likeness (QED) is 0.487. The molecule has 31 heavy (non-hydrogen) atoms. The lowest BCUT2D eigenvalue weighted by molar-refractivity contribution is 0.0799. The van der Waals surface area contributed by atoms with Gasteiger partial charge in [-0.3, -0.25) is 0 Å². The fraction of sp³-hybridized carbons (Fsp3) is 0.786. The highest BCUT2D eigenvalue weighted by Gasteiger charge is 2.50. The van der Waals surface area contributed by atoms with Gasteiger partial charge in [0.15, 0.2) is 0 Å². The molecule has 3 heteroatoms. The minimum atomic E-state index is -0.614. The number of aliphatic hydroxyl groups excluding tert-OH is 3.